The number of hydrogen-bond donors (Lipinski definition) is 0. The predicted molar refractivity (Wildman–Crippen MR) is 112 cm³/mol. The second kappa shape index (κ2) is 6.16. The average molecular weight is 431 g/mol. The molecular weight excluding hydrogens is 410 g/mol. The number of ether oxygens (including phenoxy) is 1. The van der Waals surface area contributed by atoms with Crippen LogP contribution < -0.4 is 5.01 Å². The van der Waals surface area contributed by atoms with Gasteiger partial charge in [0.1, 0.15) is 0 Å². The van der Waals surface area contributed by atoms with Crippen molar-refractivity contribution in [3.05, 3.63) is 69.8 Å². The van der Waals surface area contributed by atoms with E-state index in [0.717, 1.165) is 25.1 Å². The van der Waals surface area contributed by atoms with Gasteiger partial charge in [0.15, 0.2) is 0 Å². The summed E-state index contributed by atoms with van der Waals surface area (Å²) >= 11 is 0. The fourth-order valence-electron chi connectivity index (χ4n) is 7.52. The fraction of sp³-hybridized carbons (Fsp3) is 0.417. The summed E-state index contributed by atoms with van der Waals surface area (Å²) in [5, 5.41) is 15.8. The van der Waals surface area contributed by atoms with E-state index in [1.807, 2.05) is 0 Å². The van der Waals surface area contributed by atoms with E-state index in [1.54, 1.807) is 24.3 Å². The Morgan fingerprint density at radius 2 is 1.69 bits per heavy atom. The minimum absolute atomic E-state index is 0.0434. The minimum Gasteiger partial charge on any atom is -0.393 e. The summed E-state index contributed by atoms with van der Waals surface area (Å²) < 4.78 is 5.08. The molecule has 8 heteroatoms. The highest BCUT2D eigenvalue weighted by atomic mass is 16.6. The van der Waals surface area contributed by atoms with Gasteiger partial charge >= 0.3 is 11.9 Å². The number of nitro benzene ring substituents is 1. The van der Waals surface area contributed by atoms with Crippen LogP contribution in [-0.4, -0.2) is 34.5 Å². The molecule has 7 unspecified atom stereocenters. The van der Waals surface area contributed by atoms with E-state index in [1.165, 1.54) is 11.1 Å². The second-order valence-corrected chi connectivity index (χ2v) is 9.60. The number of rotatable bonds is 2. The smallest absolute Gasteiger partial charge is 0.317 e. The van der Waals surface area contributed by atoms with Gasteiger partial charge in [-0.25, -0.2) is 5.01 Å². The van der Waals surface area contributed by atoms with Crippen LogP contribution >= 0.6 is 0 Å². The van der Waals surface area contributed by atoms with Crippen molar-refractivity contribution in [1.29, 1.82) is 0 Å². The van der Waals surface area contributed by atoms with E-state index < -0.39 is 4.92 Å². The minimum atomic E-state index is -0.390. The maximum Gasteiger partial charge on any atom is 0.317 e. The summed E-state index contributed by atoms with van der Waals surface area (Å²) in [5.74, 6) is -1.07. The fourth-order valence-corrected chi connectivity index (χ4v) is 7.52. The van der Waals surface area contributed by atoms with Crippen LogP contribution in [0.25, 0.3) is 0 Å². The first-order chi connectivity index (χ1) is 15.5. The Morgan fingerprint density at radius 3 is 2.44 bits per heavy atom. The number of benzene rings is 2. The molecule has 0 N–H and O–H groups in total. The van der Waals surface area contributed by atoms with Gasteiger partial charge in [0.05, 0.1) is 34.5 Å². The molecule has 3 heterocycles. The first-order valence-corrected chi connectivity index (χ1v) is 11.2. The first kappa shape index (κ1) is 18.3. The van der Waals surface area contributed by atoms with Gasteiger partial charge < -0.3 is 9.75 Å². The number of fused-ring (bicyclic) bond motifs is 12. The number of hydrogen-bond acceptors (Lipinski definition) is 7. The third-order valence-electron chi connectivity index (χ3n) is 8.48. The molecule has 2 aliphatic carbocycles. The van der Waals surface area contributed by atoms with E-state index in [-0.39, 0.29) is 59.3 Å². The van der Waals surface area contributed by atoms with Crippen molar-refractivity contribution in [1.82, 2.24) is 5.01 Å². The number of non-ortho nitro benzene ring substituents is 1. The van der Waals surface area contributed by atoms with Crippen LogP contribution in [0.4, 0.5) is 11.4 Å². The molecule has 3 aliphatic heterocycles. The maximum atomic E-state index is 12.6. The normalized spacial score (nSPS) is 36.5. The number of esters is 2. The van der Waals surface area contributed by atoms with E-state index in [9.17, 15) is 19.7 Å². The molecule has 0 radical (unpaired) electrons. The average Bonchev–Trinajstić information content (AvgIpc) is 3.52. The van der Waals surface area contributed by atoms with Crippen molar-refractivity contribution in [3.63, 3.8) is 0 Å². The molecular formula is C24H21N3O5. The van der Waals surface area contributed by atoms with Gasteiger partial charge in [0, 0.05) is 24.6 Å². The molecule has 2 bridgehead atoms. The third kappa shape index (κ3) is 2.15. The summed E-state index contributed by atoms with van der Waals surface area (Å²) in [5.41, 5.74) is 3.58. The van der Waals surface area contributed by atoms with Gasteiger partial charge in [-0.15, -0.1) is 0 Å². The largest absolute Gasteiger partial charge is 0.393 e. The summed E-state index contributed by atoms with van der Waals surface area (Å²) in [6, 6.07) is 15.4. The molecule has 162 valence electrons. The summed E-state index contributed by atoms with van der Waals surface area (Å²) in [6.45, 7) is 0.832. The summed E-state index contributed by atoms with van der Waals surface area (Å²) in [6.07, 6.45) is 1.76. The lowest BCUT2D eigenvalue weighted by Gasteiger charge is -2.41. The predicted octanol–water partition coefficient (Wildman–Crippen LogP) is 2.88. The summed E-state index contributed by atoms with van der Waals surface area (Å²) in [7, 11) is 0. The van der Waals surface area contributed by atoms with E-state index >= 15 is 0 Å². The molecule has 0 amide bonds. The molecule has 2 aromatic rings. The molecule has 2 aromatic carbocycles. The van der Waals surface area contributed by atoms with Gasteiger partial charge in [-0.1, -0.05) is 24.3 Å². The Kier molecular flexibility index (Phi) is 3.53. The van der Waals surface area contributed by atoms with E-state index in [0.29, 0.717) is 0 Å². The van der Waals surface area contributed by atoms with Crippen LogP contribution in [-0.2, 0) is 20.7 Å². The molecule has 4 fully saturated rings. The molecule has 0 aromatic heterocycles. The van der Waals surface area contributed by atoms with Gasteiger partial charge in [0.25, 0.3) is 5.69 Å². The maximum absolute atomic E-state index is 12.6. The van der Waals surface area contributed by atoms with Crippen LogP contribution in [0.2, 0.25) is 0 Å². The highest BCUT2D eigenvalue weighted by Crippen LogP contribution is 2.67. The van der Waals surface area contributed by atoms with Crippen molar-refractivity contribution < 1.29 is 19.2 Å². The van der Waals surface area contributed by atoms with Crippen molar-refractivity contribution in [3.8, 4) is 0 Å². The molecule has 0 spiro atoms. The quantitative estimate of drug-likeness (QED) is 0.312. The third-order valence-corrected chi connectivity index (χ3v) is 8.48. The zero-order valence-corrected chi connectivity index (χ0v) is 17.2. The lowest BCUT2D eigenvalue weighted by molar-refractivity contribution is -0.384. The molecule has 2 saturated carbocycles. The second-order valence-electron chi connectivity index (χ2n) is 9.60. The van der Waals surface area contributed by atoms with Crippen LogP contribution in [0.15, 0.2) is 48.5 Å². The summed E-state index contributed by atoms with van der Waals surface area (Å²) in [4.78, 5) is 35.9. The number of nitrogens with zero attached hydrogens (tertiary/aromatic N) is 3. The standard InChI is InChI=1S/C24H21N3O5/c28-23-18-16-11-17(19(18)24(29)32-23)22-20(16)21-15-4-2-1-3-12(15)9-10-25(21)26(22)13-5-7-14(8-6-13)27(30)31/h1-8,16-22H,9-11H2. The number of nitro groups is 1. The van der Waals surface area contributed by atoms with Crippen molar-refractivity contribution in [2.24, 2.45) is 29.6 Å². The Hall–Kier alpha value is -3.26. The molecule has 5 aliphatic rings. The van der Waals surface area contributed by atoms with E-state index in [4.69, 9.17) is 4.74 Å². The van der Waals surface area contributed by atoms with Gasteiger partial charge in [-0.3, -0.25) is 19.7 Å². The number of hydrazine groups is 1. The van der Waals surface area contributed by atoms with Crippen LogP contribution in [0, 0.1) is 39.7 Å². The number of anilines is 1. The van der Waals surface area contributed by atoms with Crippen molar-refractivity contribution in [2.45, 2.75) is 24.9 Å². The molecule has 32 heavy (non-hydrogen) atoms. The molecule has 2 saturated heterocycles. The van der Waals surface area contributed by atoms with Crippen LogP contribution in [0.1, 0.15) is 23.6 Å². The number of carbonyl (C=O) groups excluding carboxylic acids is 2. The number of cyclic esters (lactones) is 2. The highest BCUT2D eigenvalue weighted by molar-refractivity contribution is 5.98. The molecule has 8 nitrogen and oxygen atoms in total. The lowest BCUT2D eigenvalue weighted by Crippen LogP contribution is -2.48. The van der Waals surface area contributed by atoms with Gasteiger partial charge in [-0.2, -0.15) is 0 Å². The van der Waals surface area contributed by atoms with Crippen LogP contribution in [0.5, 0.6) is 0 Å². The molecule has 7 atom stereocenters. The molecule has 7 rings (SSSR count). The van der Waals surface area contributed by atoms with Crippen molar-refractivity contribution in [2.75, 3.05) is 11.6 Å². The Morgan fingerprint density at radius 1 is 0.969 bits per heavy atom. The number of carbonyl (C=O) groups is 2. The van der Waals surface area contributed by atoms with Crippen LogP contribution in [0.3, 0.4) is 0 Å². The zero-order valence-electron chi connectivity index (χ0n) is 17.2. The zero-order chi connectivity index (χ0) is 21.7. The Balaban J connectivity index is 1.38. The Bertz CT molecular complexity index is 1180. The topological polar surface area (TPSA) is 93.0 Å². The lowest BCUT2D eigenvalue weighted by atomic mass is 9.69. The monoisotopic (exact) mass is 431 g/mol. The first-order valence-electron chi connectivity index (χ1n) is 11.2. The SMILES string of the molecule is O=C1OC(=O)C2C3CC(C12)C1C2c4ccccc4CCN2N(c2ccc([N+](=O)[O-])cc2)C31. The van der Waals surface area contributed by atoms with E-state index in [2.05, 4.69) is 34.3 Å². The van der Waals surface area contributed by atoms with Gasteiger partial charge in [0.2, 0.25) is 0 Å². The van der Waals surface area contributed by atoms with Crippen molar-refractivity contribution >= 4 is 23.3 Å². The Labute approximate surface area is 183 Å². The van der Waals surface area contributed by atoms with Gasteiger partial charge in [-0.05, 0) is 47.9 Å². The highest BCUT2D eigenvalue weighted by Gasteiger charge is 2.72.